The highest BCUT2D eigenvalue weighted by Gasteiger charge is 2.20. The minimum atomic E-state index is -0.818. The average molecular weight is 261 g/mol. The van der Waals surface area contributed by atoms with Gasteiger partial charge in [0.05, 0.1) is 0 Å². The Balaban J connectivity index is 2.03. The van der Waals surface area contributed by atoms with Gasteiger partial charge in [0.2, 0.25) is 0 Å². The van der Waals surface area contributed by atoms with E-state index in [0.717, 1.165) is 24.8 Å². The Morgan fingerprint density at radius 3 is 2.84 bits per heavy atom. The first kappa shape index (κ1) is 13.6. The summed E-state index contributed by atoms with van der Waals surface area (Å²) in [6.07, 6.45) is 3.73. The minimum Gasteiger partial charge on any atom is -0.481 e. The summed E-state index contributed by atoms with van der Waals surface area (Å²) in [4.78, 5) is 24.5. The summed E-state index contributed by atoms with van der Waals surface area (Å²) in [6, 6.07) is 5.90. The molecule has 0 bridgehead atoms. The van der Waals surface area contributed by atoms with Crippen molar-refractivity contribution >= 4 is 11.9 Å². The number of nitrogens with zero attached hydrogens (tertiary/aromatic N) is 1. The van der Waals surface area contributed by atoms with Crippen LogP contribution in [-0.2, 0) is 17.6 Å². The van der Waals surface area contributed by atoms with Gasteiger partial charge in [-0.1, -0.05) is 12.1 Å². The van der Waals surface area contributed by atoms with Crippen molar-refractivity contribution in [3.8, 4) is 0 Å². The van der Waals surface area contributed by atoms with Crippen LogP contribution in [0.5, 0.6) is 0 Å². The maximum absolute atomic E-state index is 12.4. The van der Waals surface area contributed by atoms with Crippen LogP contribution in [0.1, 0.15) is 40.7 Å². The third kappa shape index (κ3) is 3.13. The Hall–Kier alpha value is -1.84. The Bertz CT molecular complexity index is 496. The van der Waals surface area contributed by atoms with Crippen LogP contribution < -0.4 is 0 Å². The number of aliphatic carboxylic acids is 1. The van der Waals surface area contributed by atoms with Gasteiger partial charge in [-0.2, -0.15) is 0 Å². The second-order valence-corrected chi connectivity index (χ2v) is 5.02. The molecule has 1 aromatic rings. The van der Waals surface area contributed by atoms with Crippen LogP contribution in [0.3, 0.4) is 0 Å². The number of rotatable bonds is 5. The van der Waals surface area contributed by atoms with E-state index >= 15 is 0 Å². The van der Waals surface area contributed by atoms with Crippen molar-refractivity contribution in [3.05, 3.63) is 34.9 Å². The van der Waals surface area contributed by atoms with Crippen molar-refractivity contribution in [1.82, 2.24) is 4.90 Å². The monoisotopic (exact) mass is 261 g/mol. The maximum atomic E-state index is 12.4. The molecule has 0 unspecified atom stereocenters. The van der Waals surface area contributed by atoms with Gasteiger partial charge in [0.1, 0.15) is 0 Å². The topological polar surface area (TPSA) is 57.6 Å². The third-order valence-corrected chi connectivity index (χ3v) is 3.61. The molecule has 0 saturated carbocycles. The van der Waals surface area contributed by atoms with E-state index in [4.69, 9.17) is 5.11 Å². The first-order chi connectivity index (χ1) is 9.09. The molecule has 19 heavy (non-hydrogen) atoms. The van der Waals surface area contributed by atoms with Crippen LogP contribution in [0, 0.1) is 0 Å². The molecule has 102 valence electrons. The largest absolute Gasteiger partial charge is 0.481 e. The van der Waals surface area contributed by atoms with Crippen molar-refractivity contribution in [2.75, 3.05) is 13.6 Å². The Morgan fingerprint density at radius 1 is 1.32 bits per heavy atom. The molecule has 1 aliphatic carbocycles. The molecular weight excluding hydrogens is 242 g/mol. The lowest BCUT2D eigenvalue weighted by Crippen LogP contribution is -2.29. The van der Waals surface area contributed by atoms with E-state index in [9.17, 15) is 9.59 Å². The number of carboxylic acids is 1. The van der Waals surface area contributed by atoms with Crippen molar-refractivity contribution in [1.29, 1.82) is 0 Å². The van der Waals surface area contributed by atoms with Gasteiger partial charge >= 0.3 is 5.97 Å². The van der Waals surface area contributed by atoms with E-state index in [-0.39, 0.29) is 12.3 Å². The molecule has 2 rings (SSSR count). The molecule has 0 aliphatic heterocycles. The lowest BCUT2D eigenvalue weighted by atomic mass is 10.0. The van der Waals surface area contributed by atoms with E-state index in [1.54, 1.807) is 11.9 Å². The van der Waals surface area contributed by atoms with Gasteiger partial charge in [0.25, 0.3) is 5.91 Å². The quantitative estimate of drug-likeness (QED) is 0.883. The molecule has 1 aromatic carbocycles. The smallest absolute Gasteiger partial charge is 0.303 e. The fraction of sp³-hybridized carbons (Fsp3) is 0.467. The van der Waals surface area contributed by atoms with Gasteiger partial charge in [-0.05, 0) is 42.9 Å². The number of hydrogen-bond donors (Lipinski definition) is 1. The number of hydrogen-bond acceptors (Lipinski definition) is 2. The predicted molar refractivity (Wildman–Crippen MR) is 72.3 cm³/mol. The molecule has 0 saturated heterocycles. The average Bonchev–Trinajstić information content (AvgIpc) is 2.85. The SMILES string of the molecule is CN(CCCC(=O)O)C(=O)c1cccc2c1CCC2. The van der Waals surface area contributed by atoms with Gasteiger partial charge in [0, 0.05) is 25.6 Å². The Labute approximate surface area is 113 Å². The number of benzene rings is 1. The zero-order valence-corrected chi connectivity index (χ0v) is 11.2. The summed E-state index contributed by atoms with van der Waals surface area (Å²) in [5, 5.41) is 8.61. The van der Waals surface area contributed by atoms with Gasteiger partial charge in [-0.3, -0.25) is 9.59 Å². The van der Waals surface area contributed by atoms with Crippen molar-refractivity contribution < 1.29 is 14.7 Å². The van der Waals surface area contributed by atoms with Crippen LogP contribution in [-0.4, -0.2) is 35.5 Å². The van der Waals surface area contributed by atoms with Gasteiger partial charge in [0.15, 0.2) is 0 Å². The molecule has 1 aliphatic rings. The van der Waals surface area contributed by atoms with E-state index in [2.05, 4.69) is 6.07 Å². The fourth-order valence-electron chi connectivity index (χ4n) is 2.59. The normalized spacial score (nSPS) is 13.1. The number of amides is 1. The van der Waals surface area contributed by atoms with Crippen LogP contribution in [0.4, 0.5) is 0 Å². The molecule has 0 radical (unpaired) electrons. The maximum Gasteiger partial charge on any atom is 0.303 e. The number of aryl methyl sites for hydroxylation is 1. The number of carbonyl (C=O) groups excluding carboxylic acids is 1. The molecule has 0 fully saturated rings. The molecule has 1 amide bonds. The van der Waals surface area contributed by atoms with E-state index in [1.165, 1.54) is 11.1 Å². The second-order valence-electron chi connectivity index (χ2n) is 5.02. The minimum absolute atomic E-state index is 0.00383. The lowest BCUT2D eigenvalue weighted by Gasteiger charge is -2.18. The highest BCUT2D eigenvalue weighted by molar-refractivity contribution is 5.96. The van der Waals surface area contributed by atoms with Gasteiger partial charge in [-0.25, -0.2) is 0 Å². The van der Waals surface area contributed by atoms with Crippen molar-refractivity contribution in [2.45, 2.75) is 32.1 Å². The first-order valence-corrected chi connectivity index (χ1v) is 6.67. The molecule has 0 heterocycles. The Morgan fingerprint density at radius 2 is 2.11 bits per heavy atom. The fourth-order valence-corrected chi connectivity index (χ4v) is 2.59. The van der Waals surface area contributed by atoms with Crippen LogP contribution >= 0.6 is 0 Å². The molecular formula is C15H19NO3. The summed E-state index contributed by atoms with van der Waals surface area (Å²) in [6.45, 7) is 0.481. The highest BCUT2D eigenvalue weighted by Crippen LogP contribution is 2.25. The second kappa shape index (κ2) is 5.87. The van der Waals surface area contributed by atoms with Gasteiger partial charge < -0.3 is 10.0 Å². The molecule has 0 atom stereocenters. The number of fused-ring (bicyclic) bond motifs is 1. The van der Waals surface area contributed by atoms with Gasteiger partial charge in [-0.15, -0.1) is 0 Å². The summed E-state index contributed by atoms with van der Waals surface area (Å²) in [5.74, 6) is -0.814. The van der Waals surface area contributed by atoms with Crippen LogP contribution in [0.25, 0.3) is 0 Å². The van der Waals surface area contributed by atoms with Crippen LogP contribution in [0.15, 0.2) is 18.2 Å². The molecule has 4 heteroatoms. The number of carbonyl (C=O) groups is 2. The standard InChI is InChI=1S/C15H19NO3/c1-16(10-4-9-14(17)18)15(19)13-8-3-6-11-5-2-7-12(11)13/h3,6,8H,2,4-5,7,9-10H2,1H3,(H,17,18). The third-order valence-electron chi connectivity index (χ3n) is 3.61. The molecule has 1 N–H and O–H groups in total. The number of carboxylic acid groups (broad SMARTS) is 1. The first-order valence-electron chi connectivity index (χ1n) is 6.67. The molecule has 0 spiro atoms. The zero-order chi connectivity index (χ0) is 13.8. The zero-order valence-electron chi connectivity index (χ0n) is 11.2. The van der Waals surface area contributed by atoms with Crippen molar-refractivity contribution in [2.24, 2.45) is 0 Å². The van der Waals surface area contributed by atoms with E-state index in [0.29, 0.717) is 13.0 Å². The summed E-state index contributed by atoms with van der Waals surface area (Å²) in [5.41, 5.74) is 3.25. The molecule has 4 nitrogen and oxygen atoms in total. The Kier molecular flexibility index (Phi) is 4.20. The van der Waals surface area contributed by atoms with E-state index in [1.807, 2.05) is 12.1 Å². The summed E-state index contributed by atoms with van der Waals surface area (Å²) < 4.78 is 0. The lowest BCUT2D eigenvalue weighted by molar-refractivity contribution is -0.137. The molecule has 0 aromatic heterocycles. The van der Waals surface area contributed by atoms with Crippen molar-refractivity contribution in [3.63, 3.8) is 0 Å². The summed E-state index contributed by atoms with van der Waals surface area (Å²) >= 11 is 0. The van der Waals surface area contributed by atoms with Crippen LogP contribution in [0.2, 0.25) is 0 Å². The predicted octanol–water partition coefficient (Wildman–Crippen LogP) is 2.11. The highest BCUT2D eigenvalue weighted by atomic mass is 16.4. The van der Waals surface area contributed by atoms with E-state index < -0.39 is 5.97 Å². The summed E-state index contributed by atoms with van der Waals surface area (Å²) in [7, 11) is 1.73.